The topological polar surface area (TPSA) is 86.7 Å². The van der Waals surface area contributed by atoms with E-state index in [1.165, 1.54) is 25.1 Å². The average molecular weight is 345 g/mol. The Hall–Kier alpha value is -1.79. The SMILES string of the molecule is CC(NC(=O)N1CCCC1=O)(C(=O)O)c1cc(Cl)cc(Cl)c1. The van der Waals surface area contributed by atoms with Crippen molar-refractivity contribution in [2.24, 2.45) is 0 Å². The average Bonchev–Trinajstić information content (AvgIpc) is 2.83. The summed E-state index contributed by atoms with van der Waals surface area (Å²) in [6, 6.07) is 3.53. The van der Waals surface area contributed by atoms with Crippen molar-refractivity contribution in [2.45, 2.75) is 25.3 Å². The Balaban J connectivity index is 2.34. The Morgan fingerprint density at radius 1 is 1.27 bits per heavy atom. The molecule has 1 aliphatic rings. The van der Waals surface area contributed by atoms with E-state index < -0.39 is 17.5 Å². The molecule has 0 saturated carbocycles. The zero-order valence-corrected chi connectivity index (χ0v) is 13.2. The number of halogens is 2. The first-order valence-electron chi connectivity index (χ1n) is 6.56. The van der Waals surface area contributed by atoms with Gasteiger partial charge in [-0.25, -0.2) is 9.59 Å². The molecule has 1 aliphatic heterocycles. The normalized spacial score (nSPS) is 17.2. The van der Waals surface area contributed by atoms with Crippen LogP contribution in [0.5, 0.6) is 0 Å². The van der Waals surface area contributed by atoms with Crippen molar-refractivity contribution < 1.29 is 19.5 Å². The van der Waals surface area contributed by atoms with Gasteiger partial charge in [-0.3, -0.25) is 9.69 Å². The molecule has 2 rings (SSSR count). The van der Waals surface area contributed by atoms with Gasteiger partial charge in [0.05, 0.1) is 0 Å². The van der Waals surface area contributed by atoms with Crippen LogP contribution in [0.15, 0.2) is 18.2 Å². The number of imide groups is 1. The standard InChI is InChI=1S/C14H14Cl2N2O4/c1-14(12(20)21,8-5-9(15)7-10(16)6-8)17-13(22)18-4-2-3-11(18)19/h5-7H,2-4H2,1H3,(H,17,22)(H,20,21). The summed E-state index contributed by atoms with van der Waals surface area (Å²) in [5.41, 5.74) is -1.54. The number of likely N-dealkylation sites (tertiary alicyclic amines) is 1. The Morgan fingerprint density at radius 2 is 1.86 bits per heavy atom. The summed E-state index contributed by atoms with van der Waals surface area (Å²) >= 11 is 11.8. The maximum Gasteiger partial charge on any atom is 0.333 e. The van der Waals surface area contributed by atoms with Crippen LogP contribution in [0.25, 0.3) is 0 Å². The van der Waals surface area contributed by atoms with E-state index in [-0.39, 0.29) is 34.5 Å². The molecule has 118 valence electrons. The van der Waals surface area contributed by atoms with Crippen LogP contribution in [0.4, 0.5) is 4.79 Å². The van der Waals surface area contributed by atoms with E-state index in [0.29, 0.717) is 6.42 Å². The van der Waals surface area contributed by atoms with Crippen LogP contribution in [0.1, 0.15) is 25.3 Å². The Kier molecular flexibility index (Phi) is 4.63. The maximum absolute atomic E-state index is 12.2. The van der Waals surface area contributed by atoms with Crippen molar-refractivity contribution in [3.8, 4) is 0 Å². The molecule has 0 aliphatic carbocycles. The lowest BCUT2D eigenvalue weighted by Gasteiger charge is -2.29. The Labute approximate surface area is 137 Å². The number of nitrogens with one attached hydrogen (secondary N) is 1. The monoisotopic (exact) mass is 344 g/mol. The molecule has 1 unspecified atom stereocenters. The van der Waals surface area contributed by atoms with E-state index in [0.717, 1.165) is 4.90 Å². The molecule has 1 aromatic carbocycles. The number of hydrogen-bond acceptors (Lipinski definition) is 3. The molecule has 0 aromatic heterocycles. The summed E-state index contributed by atoms with van der Waals surface area (Å²) in [6.45, 7) is 1.59. The van der Waals surface area contributed by atoms with E-state index in [4.69, 9.17) is 23.2 Å². The minimum absolute atomic E-state index is 0.220. The molecular formula is C14H14Cl2N2O4. The lowest BCUT2D eigenvalue weighted by atomic mass is 9.92. The van der Waals surface area contributed by atoms with Gasteiger partial charge >= 0.3 is 12.0 Å². The van der Waals surface area contributed by atoms with Crippen LogP contribution < -0.4 is 5.32 Å². The maximum atomic E-state index is 12.2. The van der Waals surface area contributed by atoms with Crippen LogP contribution in [0.2, 0.25) is 10.0 Å². The molecule has 2 N–H and O–H groups in total. The number of carbonyl (C=O) groups excluding carboxylic acids is 2. The molecule has 1 heterocycles. The van der Waals surface area contributed by atoms with Crippen molar-refractivity contribution >= 4 is 41.1 Å². The van der Waals surface area contributed by atoms with Crippen LogP contribution in [-0.4, -0.2) is 34.5 Å². The smallest absolute Gasteiger partial charge is 0.333 e. The number of rotatable bonds is 3. The molecular weight excluding hydrogens is 331 g/mol. The first-order valence-corrected chi connectivity index (χ1v) is 7.32. The summed E-state index contributed by atoms with van der Waals surface area (Å²) < 4.78 is 0. The molecule has 3 amide bonds. The highest BCUT2D eigenvalue weighted by molar-refractivity contribution is 6.34. The number of urea groups is 1. The molecule has 1 atom stereocenters. The summed E-state index contributed by atoms with van der Waals surface area (Å²) in [4.78, 5) is 36.5. The highest BCUT2D eigenvalue weighted by atomic mass is 35.5. The first-order chi connectivity index (χ1) is 10.2. The predicted octanol–water partition coefficient (Wildman–Crippen LogP) is 2.63. The van der Waals surface area contributed by atoms with E-state index in [2.05, 4.69) is 5.32 Å². The van der Waals surface area contributed by atoms with Gasteiger partial charge in [0.2, 0.25) is 5.91 Å². The van der Waals surface area contributed by atoms with Gasteiger partial charge in [0.15, 0.2) is 5.54 Å². The second kappa shape index (κ2) is 6.14. The van der Waals surface area contributed by atoms with Crippen LogP contribution in [0, 0.1) is 0 Å². The molecule has 0 radical (unpaired) electrons. The Bertz CT molecular complexity index is 629. The predicted molar refractivity (Wildman–Crippen MR) is 80.9 cm³/mol. The van der Waals surface area contributed by atoms with E-state index in [1.54, 1.807) is 0 Å². The molecule has 8 heteroatoms. The first kappa shape index (κ1) is 16.6. The number of amides is 3. The largest absolute Gasteiger partial charge is 0.479 e. The number of benzene rings is 1. The van der Waals surface area contributed by atoms with Gasteiger partial charge in [0.1, 0.15) is 0 Å². The third kappa shape index (κ3) is 3.18. The number of aliphatic carboxylic acids is 1. The van der Waals surface area contributed by atoms with Crippen molar-refractivity contribution in [1.29, 1.82) is 0 Å². The lowest BCUT2D eigenvalue weighted by molar-refractivity contribution is -0.144. The van der Waals surface area contributed by atoms with Crippen LogP contribution in [-0.2, 0) is 15.1 Å². The van der Waals surface area contributed by atoms with Crippen molar-refractivity contribution in [2.75, 3.05) is 6.54 Å². The number of hydrogen-bond donors (Lipinski definition) is 2. The molecule has 1 aromatic rings. The highest BCUT2D eigenvalue weighted by Crippen LogP contribution is 2.28. The number of carboxylic acids is 1. The lowest BCUT2D eigenvalue weighted by Crippen LogP contribution is -2.54. The second-order valence-corrected chi connectivity index (χ2v) is 6.04. The second-order valence-electron chi connectivity index (χ2n) is 5.17. The fourth-order valence-corrected chi connectivity index (χ4v) is 2.76. The van der Waals surface area contributed by atoms with Crippen LogP contribution in [0.3, 0.4) is 0 Å². The van der Waals surface area contributed by atoms with Crippen molar-refractivity contribution in [3.05, 3.63) is 33.8 Å². The highest BCUT2D eigenvalue weighted by Gasteiger charge is 2.40. The summed E-state index contributed by atoms with van der Waals surface area (Å²) in [6.07, 6.45) is 0.846. The van der Waals surface area contributed by atoms with E-state index in [9.17, 15) is 19.5 Å². The van der Waals surface area contributed by atoms with Gasteiger partial charge < -0.3 is 10.4 Å². The fourth-order valence-electron chi connectivity index (χ4n) is 2.24. The Morgan fingerprint density at radius 3 is 2.32 bits per heavy atom. The molecule has 0 bridgehead atoms. The number of carboxylic acid groups (broad SMARTS) is 1. The van der Waals surface area contributed by atoms with Gasteiger partial charge in [-0.2, -0.15) is 0 Å². The molecule has 6 nitrogen and oxygen atoms in total. The van der Waals surface area contributed by atoms with Crippen LogP contribution >= 0.6 is 23.2 Å². The fraction of sp³-hybridized carbons (Fsp3) is 0.357. The van der Waals surface area contributed by atoms with E-state index in [1.807, 2.05) is 0 Å². The minimum Gasteiger partial charge on any atom is -0.479 e. The zero-order chi connectivity index (χ0) is 16.5. The molecule has 0 spiro atoms. The van der Waals surface area contributed by atoms with Gasteiger partial charge in [0.25, 0.3) is 0 Å². The summed E-state index contributed by atoms with van der Waals surface area (Å²) in [5.74, 6) is -1.61. The number of nitrogens with zero attached hydrogens (tertiary/aromatic N) is 1. The van der Waals surface area contributed by atoms with Gasteiger partial charge in [-0.05, 0) is 37.1 Å². The quantitative estimate of drug-likeness (QED) is 0.882. The van der Waals surface area contributed by atoms with Gasteiger partial charge in [-0.15, -0.1) is 0 Å². The minimum atomic E-state index is -1.76. The van der Waals surface area contributed by atoms with Crippen molar-refractivity contribution in [3.63, 3.8) is 0 Å². The molecule has 1 saturated heterocycles. The molecule has 22 heavy (non-hydrogen) atoms. The summed E-state index contributed by atoms with van der Waals surface area (Å²) in [7, 11) is 0. The summed E-state index contributed by atoms with van der Waals surface area (Å²) in [5, 5.41) is 12.4. The molecule has 1 fully saturated rings. The number of carbonyl (C=O) groups is 3. The van der Waals surface area contributed by atoms with Gasteiger partial charge in [0, 0.05) is 23.0 Å². The van der Waals surface area contributed by atoms with Gasteiger partial charge in [-0.1, -0.05) is 23.2 Å². The third-order valence-electron chi connectivity index (χ3n) is 3.54. The zero-order valence-electron chi connectivity index (χ0n) is 11.7. The third-order valence-corrected chi connectivity index (χ3v) is 3.98. The van der Waals surface area contributed by atoms with Crippen molar-refractivity contribution in [1.82, 2.24) is 10.2 Å². The van der Waals surface area contributed by atoms with E-state index >= 15 is 0 Å².